The third-order valence-corrected chi connectivity index (χ3v) is 4.43. The first-order valence-corrected chi connectivity index (χ1v) is 6.92. The minimum Gasteiger partial charge on any atom is -0.381 e. The predicted molar refractivity (Wildman–Crippen MR) is 73.8 cm³/mol. The van der Waals surface area contributed by atoms with E-state index in [1.807, 2.05) is 4.57 Å². The molecule has 1 aromatic heterocycles. The summed E-state index contributed by atoms with van der Waals surface area (Å²) in [7, 11) is 1.71. The smallest absolute Gasteiger partial charge is 0.178 e. The van der Waals surface area contributed by atoms with Crippen LogP contribution in [0.4, 0.5) is 4.39 Å². The Morgan fingerprint density at radius 2 is 2.22 bits per heavy atom. The molecule has 1 N–H and O–H groups in total. The molecule has 0 bridgehead atoms. The molecule has 1 heterocycles. The van der Waals surface area contributed by atoms with E-state index in [0.717, 1.165) is 23.9 Å². The number of aromatic amines is 1. The van der Waals surface area contributed by atoms with E-state index in [0.29, 0.717) is 21.4 Å². The molecule has 1 fully saturated rings. The summed E-state index contributed by atoms with van der Waals surface area (Å²) in [4.78, 5) is 3.12. The number of hydrogen-bond donors (Lipinski definition) is 1. The first-order chi connectivity index (χ1) is 8.60. The molecule has 1 aliphatic rings. The number of nitrogens with one attached hydrogen (secondary N) is 1. The third-order valence-electron chi connectivity index (χ3n) is 3.53. The van der Waals surface area contributed by atoms with E-state index in [1.165, 1.54) is 6.07 Å². The van der Waals surface area contributed by atoms with E-state index in [-0.39, 0.29) is 5.82 Å². The molecule has 1 aliphatic carbocycles. The highest BCUT2D eigenvalue weighted by Crippen LogP contribution is 2.37. The quantitative estimate of drug-likeness (QED) is 0.845. The van der Waals surface area contributed by atoms with E-state index in [9.17, 15) is 4.39 Å². The van der Waals surface area contributed by atoms with Crippen molar-refractivity contribution < 1.29 is 9.13 Å². The first-order valence-electron chi connectivity index (χ1n) is 5.72. The number of methoxy groups -OCH3 is 1. The molecule has 0 radical (unpaired) electrons. The number of hydrogen-bond acceptors (Lipinski definition) is 2. The van der Waals surface area contributed by atoms with E-state index in [2.05, 4.69) is 20.9 Å². The molecule has 1 aromatic carbocycles. The minimum atomic E-state index is -0.270. The molecular formula is C12H12BrFN2OS. The van der Waals surface area contributed by atoms with Crippen LogP contribution in [0.1, 0.15) is 18.9 Å². The van der Waals surface area contributed by atoms with Crippen LogP contribution in [0, 0.1) is 10.6 Å². The summed E-state index contributed by atoms with van der Waals surface area (Å²) in [5.41, 5.74) is 1.68. The Labute approximate surface area is 117 Å². The maximum Gasteiger partial charge on any atom is 0.178 e. The first kappa shape index (κ1) is 12.3. The molecule has 0 amide bonds. The molecule has 0 atom stereocenters. The predicted octanol–water partition coefficient (Wildman–Crippen LogP) is 3.95. The Morgan fingerprint density at radius 3 is 2.89 bits per heavy atom. The van der Waals surface area contributed by atoms with Crippen molar-refractivity contribution in [3.05, 3.63) is 27.2 Å². The lowest BCUT2D eigenvalue weighted by atomic mass is 9.89. The number of H-pyrrole nitrogens is 1. The maximum atomic E-state index is 13.6. The lowest BCUT2D eigenvalue weighted by Crippen LogP contribution is -2.32. The number of fused-ring (bicyclic) bond motifs is 1. The fraction of sp³-hybridized carbons (Fsp3) is 0.417. The van der Waals surface area contributed by atoms with Crippen molar-refractivity contribution in [2.45, 2.75) is 25.0 Å². The minimum absolute atomic E-state index is 0.270. The van der Waals surface area contributed by atoms with Gasteiger partial charge in [-0.1, -0.05) is 0 Å². The molecule has 1 saturated carbocycles. The van der Waals surface area contributed by atoms with Crippen LogP contribution in [0.2, 0.25) is 0 Å². The van der Waals surface area contributed by atoms with Crippen molar-refractivity contribution in [1.29, 1.82) is 0 Å². The van der Waals surface area contributed by atoms with Gasteiger partial charge in [0.2, 0.25) is 0 Å². The highest BCUT2D eigenvalue weighted by atomic mass is 79.9. The lowest BCUT2D eigenvalue weighted by Gasteiger charge is -2.35. The van der Waals surface area contributed by atoms with Crippen LogP contribution in [0.3, 0.4) is 0 Å². The molecule has 2 aromatic rings. The van der Waals surface area contributed by atoms with Gasteiger partial charge in [-0.05, 0) is 47.1 Å². The summed E-state index contributed by atoms with van der Waals surface area (Å²) in [5, 5.41) is 0. The van der Waals surface area contributed by atoms with Crippen LogP contribution in [-0.4, -0.2) is 22.8 Å². The summed E-state index contributed by atoms with van der Waals surface area (Å²) in [6.45, 7) is 0. The summed E-state index contributed by atoms with van der Waals surface area (Å²) >= 11 is 8.50. The number of halogens is 2. The van der Waals surface area contributed by atoms with Gasteiger partial charge in [0.1, 0.15) is 5.82 Å². The number of benzene rings is 1. The van der Waals surface area contributed by atoms with Crippen LogP contribution in [0.15, 0.2) is 16.6 Å². The molecular weight excluding hydrogens is 319 g/mol. The van der Waals surface area contributed by atoms with Gasteiger partial charge < -0.3 is 14.3 Å². The van der Waals surface area contributed by atoms with Crippen molar-refractivity contribution >= 4 is 39.2 Å². The standard InChI is InChI=1S/C12H12BrFN2OS/c1-17-7-2-6(3-7)16-11-5-9(14)8(13)4-10(11)15-12(16)18/h4-7H,2-3H2,1H3,(H,15,18). The van der Waals surface area contributed by atoms with Crippen LogP contribution in [0.25, 0.3) is 11.0 Å². The van der Waals surface area contributed by atoms with Crippen molar-refractivity contribution in [2.24, 2.45) is 0 Å². The largest absolute Gasteiger partial charge is 0.381 e. The molecule has 0 aliphatic heterocycles. The fourth-order valence-electron chi connectivity index (χ4n) is 2.42. The molecule has 3 nitrogen and oxygen atoms in total. The molecule has 6 heteroatoms. The second-order valence-electron chi connectivity index (χ2n) is 4.57. The Hall–Kier alpha value is -0.720. The van der Waals surface area contributed by atoms with Crippen molar-refractivity contribution in [3.8, 4) is 0 Å². The molecule has 96 valence electrons. The van der Waals surface area contributed by atoms with Gasteiger partial charge in [-0.25, -0.2) is 4.39 Å². The molecule has 3 rings (SSSR count). The molecule has 0 spiro atoms. The van der Waals surface area contributed by atoms with Gasteiger partial charge in [-0.3, -0.25) is 0 Å². The number of imidazole rings is 1. The van der Waals surface area contributed by atoms with Crippen LogP contribution < -0.4 is 0 Å². The third kappa shape index (κ3) is 1.83. The second kappa shape index (κ2) is 4.43. The van der Waals surface area contributed by atoms with E-state index >= 15 is 0 Å². The van der Waals surface area contributed by atoms with Crippen molar-refractivity contribution in [3.63, 3.8) is 0 Å². The molecule has 0 saturated heterocycles. The van der Waals surface area contributed by atoms with E-state index in [1.54, 1.807) is 13.2 Å². The average molecular weight is 331 g/mol. The number of ether oxygens (including phenoxy) is 1. The second-order valence-corrected chi connectivity index (χ2v) is 5.81. The summed E-state index contributed by atoms with van der Waals surface area (Å²) in [5.74, 6) is -0.270. The highest BCUT2D eigenvalue weighted by molar-refractivity contribution is 9.10. The van der Waals surface area contributed by atoms with E-state index in [4.69, 9.17) is 17.0 Å². The summed E-state index contributed by atoms with van der Waals surface area (Å²) in [6.07, 6.45) is 2.15. The van der Waals surface area contributed by atoms with Crippen molar-refractivity contribution in [1.82, 2.24) is 9.55 Å². The zero-order chi connectivity index (χ0) is 12.9. The Kier molecular flexibility index (Phi) is 3.03. The van der Waals surface area contributed by atoms with Gasteiger partial charge in [-0.2, -0.15) is 0 Å². The van der Waals surface area contributed by atoms with Gasteiger partial charge in [0.05, 0.1) is 21.6 Å². The van der Waals surface area contributed by atoms with Crippen LogP contribution in [-0.2, 0) is 4.74 Å². The van der Waals surface area contributed by atoms with Crippen LogP contribution >= 0.6 is 28.1 Å². The Balaban J connectivity index is 2.09. The number of aromatic nitrogens is 2. The maximum absolute atomic E-state index is 13.6. The fourth-order valence-corrected chi connectivity index (χ4v) is 3.13. The Morgan fingerprint density at radius 1 is 1.50 bits per heavy atom. The summed E-state index contributed by atoms with van der Waals surface area (Å²) < 4.78 is 22.0. The zero-order valence-corrected chi connectivity index (χ0v) is 12.1. The van der Waals surface area contributed by atoms with Crippen LogP contribution in [0.5, 0.6) is 0 Å². The van der Waals surface area contributed by atoms with Crippen molar-refractivity contribution in [2.75, 3.05) is 7.11 Å². The normalized spacial score (nSPS) is 23.3. The Bertz CT molecular complexity index is 660. The number of nitrogens with zero attached hydrogens (tertiary/aromatic N) is 1. The lowest BCUT2D eigenvalue weighted by molar-refractivity contribution is 0.00697. The van der Waals surface area contributed by atoms with Gasteiger partial charge >= 0.3 is 0 Å². The molecule has 0 unspecified atom stereocenters. The van der Waals surface area contributed by atoms with Gasteiger partial charge in [-0.15, -0.1) is 0 Å². The number of rotatable bonds is 2. The topological polar surface area (TPSA) is 29.9 Å². The zero-order valence-electron chi connectivity index (χ0n) is 9.74. The monoisotopic (exact) mass is 330 g/mol. The average Bonchev–Trinajstić information content (AvgIpc) is 2.55. The molecule has 18 heavy (non-hydrogen) atoms. The van der Waals surface area contributed by atoms with E-state index < -0.39 is 0 Å². The highest BCUT2D eigenvalue weighted by Gasteiger charge is 2.32. The SMILES string of the molecule is COC1CC(n2c(=S)[nH]c3cc(Br)c(F)cc32)C1. The summed E-state index contributed by atoms with van der Waals surface area (Å²) in [6, 6.07) is 3.55. The van der Waals surface area contributed by atoms with Gasteiger partial charge in [0, 0.05) is 19.2 Å². The van der Waals surface area contributed by atoms with Gasteiger partial charge in [0.15, 0.2) is 4.77 Å². The van der Waals surface area contributed by atoms with Gasteiger partial charge in [0.25, 0.3) is 0 Å².